The Morgan fingerprint density at radius 1 is 1.18 bits per heavy atom. The molecule has 2 atom stereocenters. The van der Waals surface area contributed by atoms with Gasteiger partial charge in [-0.2, -0.15) is 9.36 Å². The normalized spacial score (nSPS) is 22.4. The minimum atomic E-state index is -3.33. The highest BCUT2D eigenvalue weighted by Gasteiger charge is 2.43. The van der Waals surface area contributed by atoms with Gasteiger partial charge in [0.1, 0.15) is 10.8 Å². The average molecular weight is 503 g/mol. The topological polar surface area (TPSA) is 102 Å². The number of piperidine rings is 1. The molecule has 0 spiro atoms. The van der Waals surface area contributed by atoms with Crippen LogP contribution in [0.3, 0.4) is 0 Å². The number of aromatic nitrogens is 4. The van der Waals surface area contributed by atoms with Crippen LogP contribution >= 0.6 is 11.5 Å². The van der Waals surface area contributed by atoms with Gasteiger partial charge >= 0.3 is 6.01 Å². The molecule has 9 nitrogen and oxygen atoms in total. The summed E-state index contributed by atoms with van der Waals surface area (Å²) in [5.74, 6) is 2.00. The van der Waals surface area contributed by atoms with Gasteiger partial charge in [0, 0.05) is 25.4 Å². The third-order valence-electron chi connectivity index (χ3n) is 6.59. The lowest BCUT2D eigenvalue weighted by molar-refractivity contribution is 0.374. The van der Waals surface area contributed by atoms with Crippen LogP contribution in [0.25, 0.3) is 0 Å². The van der Waals surface area contributed by atoms with Crippen LogP contribution in [0.2, 0.25) is 0 Å². The van der Waals surface area contributed by atoms with Gasteiger partial charge in [-0.3, -0.25) is 0 Å². The SMILES string of the molecule is Cc1cc(N2CC3CCC(C2)C3Nc2nc(Oc3cccc(S(C)(=O)=O)c3)n(C(C)C)n2)sn1. The molecule has 1 saturated heterocycles. The van der Waals surface area contributed by atoms with E-state index in [4.69, 9.17) is 4.74 Å². The van der Waals surface area contributed by atoms with Crippen LogP contribution in [-0.4, -0.2) is 52.9 Å². The summed E-state index contributed by atoms with van der Waals surface area (Å²) in [5, 5.41) is 9.53. The van der Waals surface area contributed by atoms with Crippen LogP contribution in [0, 0.1) is 18.8 Å². The molecule has 3 heterocycles. The number of hydrogen-bond acceptors (Lipinski definition) is 9. The van der Waals surface area contributed by atoms with Crippen molar-refractivity contribution in [3.05, 3.63) is 36.0 Å². The second-order valence-corrected chi connectivity index (χ2v) is 12.4. The number of nitrogens with zero attached hydrogens (tertiary/aromatic N) is 5. The fourth-order valence-electron chi connectivity index (χ4n) is 4.94. The molecule has 182 valence electrons. The Morgan fingerprint density at radius 3 is 2.53 bits per heavy atom. The second kappa shape index (κ2) is 8.84. The van der Waals surface area contributed by atoms with Gasteiger partial charge in [0.2, 0.25) is 5.95 Å². The van der Waals surface area contributed by atoms with Crippen molar-refractivity contribution in [3.63, 3.8) is 0 Å². The van der Waals surface area contributed by atoms with Crippen molar-refractivity contribution in [1.29, 1.82) is 0 Å². The highest BCUT2D eigenvalue weighted by atomic mass is 32.2. The van der Waals surface area contributed by atoms with E-state index in [1.165, 1.54) is 30.2 Å². The number of sulfone groups is 1. The van der Waals surface area contributed by atoms with E-state index in [-0.39, 0.29) is 10.9 Å². The van der Waals surface area contributed by atoms with E-state index in [1.807, 2.05) is 20.8 Å². The molecule has 11 heteroatoms. The molecule has 5 rings (SSSR count). The second-order valence-electron chi connectivity index (χ2n) is 9.58. The maximum absolute atomic E-state index is 11.9. The summed E-state index contributed by atoms with van der Waals surface area (Å²) in [6, 6.07) is 9.31. The molecule has 1 aromatic carbocycles. The van der Waals surface area contributed by atoms with E-state index < -0.39 is 9.84 Å². The van der Waals surface area contributed by atoms with Gasteiger partial charge in [0.15, 0.2) is 9.84 Å². The third kappa shape index (κ3) is 4.63. The Hall–Kier alpha value is -2.66. The molecule has 3 aromatic rings. The van der Waals surface area contributed by atoms with Crippen LogP contribution in [0.4, 0.5) is 10.9 Å². The molecule has 2 unspecified atom stereocenters. The Labute approximate surface area is 204 Å². The van der Waals surface area contributed by atoms with E-state index in [0.717, 1.165) is 18.8 Å². The molecule has 2 aliphatic rings. The minimum absolute atomic E-state index is 0.0317. The summed E-state index contributed by atoms with van der Waals surface area (Å²) in [6.45, 7) is 8.07. The largest absolute Gasteiger partial charge is 0.424 e. The summed E-state index contributed by atoms with van der Waals surface area (Å²) >= 11 is 1.58. The van der Waals surface area contributed by atoms with Crippen LogP contribution in [-0.2, 0) is 9.84 Å². The lowest BCUT2D eigenvalue weighted by Gasteiger charge is -2.38. The van der Waals surface area contributed by atoms with Crippen LogP contribution in [0.1, 0.15) is 38.4 Å². The van der Waals surface area contributed by atoms with Gasteiger partial charge < -0.3 is 15.0 Å². The zero-order chi connectivity index (χ0) is 24.0. The Balaban J connectivity index is 1.33. The molecule has 2 fully saturated rings. The molecule has 2 bridgehead atoms. The van der Waals surface area contributed by atoms with Crippen LogP contribution in [0.15, 0.2) is 35.2 Å². The number of rotatable bonds is 7. The number of benzene rings is 1. The first-order valence-electron chi connectivity index (χ1n) is 11.6. The number of aryl methyl sites for hydroxylation is 1. The lowest BCUT2D eigenvalue weighted by atomic mass is 9.92. The molecule has 34 heavy (non-hydrogen) atoms. The highest BCUT2D eigenvalue weighted by Crippen LogP contribution is 2.41. The van der Waals surface area contributed by atoms with Crippen LogP contribution in [0.5, 0.6) is 11.8 Å². The smallest absolute Gasteiger partial charge is 0.322 e. The Bertz CT molecular complexity index is 1270. The van der Waals surface area contributed by atoms with E-state index in [1.54, 1.807) is 34.4 Å². The predicted octanol–water partition coefficient (Wildman–Crippen LogP) is 4.15. The van der Waals surface area contributed by atoms with Gasteiger partial charge in [0.25, 0.3) is 0 Å². The number of hydrogen-bond donors (Lipinski definition) is 1. The van der Waals surface area contributed by atoms with Crippen molar-refractivity contribution in [1.82, 2.24) is 19.1 Å². The van der Waals surface area contributed by atoms with Crippen molar-refractivity contribution in [2.45, 2.75) is 50.6 Å². The molecule has 2 aromatic heterocycles. The van der Waals surface area contributed by atoms with Crippen LogP contribution < -0.4 is 15.0 Å². The van der Waals surface area contributed by atoms with E-state index in [9.17, 15) is 8.42 Å². The fraction of sp³-hybridized carbons (Fsp3) is 0.522. The lowest BCUT2D eigenvalue weighted by Crippen LogP contribution is -2.48. The van der Waals surface area contributed by atoms with Gasteiger partial charge in [-0.1, -0.05) is 6.07 Å². The van der Waals surface area contributed by atoms with Crippen molar-refractivity contribution < 1.29 is 13.2 Å². The monoisotopic (exact) mass is 502 g/mol. The third-order valence-corrected chi connectivity index (χ3v) is 8.64. The van der Waals surface area contributed by atoms with E-state index in [2.05, 4.69) is 30.7 Å². The zero-order valence-corrected chi connectivity index (χ0v) is 21.4. The standard InChI is InChI=1S/C23H30N6O3S2/c1-14(2)29-23(32-18-6-5-7-19(11-18)34(4,30)31)25-22(26-29)24-21-16-8-9-17(21)13-28(12-16)20-10-15(3)27-33-20/h5-7,10-11,14,16-17,21H,8-9,12-13H2,1-4H3,(H,24,26). The van der Waals surface area contributed by atoms with Gasteiger partial charge in [0.05, 0.1) is 16.6 Å². The first-order chi connectivity index (χ1) is 16.2. The van der Waals surface area contributed by atoms with Gasteiger partial charge in [-0.25, -0.2) is 13.1 Å². The number of anilines is 2. The molecular weight excluding hydrogens is 472 g/mol. The predicted molar refractivity (Wildman–Crippen MR) is 133 cm³/mol. The highest BCUT2D eigenvalue weighted by molar-refractivity contribution is 7.90. The van der Waals surface area contributed by atoms with Crippen molar-refractivity contribution in [3.8, 4) is 11.8 Å². The molecule has 1 saturated carbocycles. The van der Waals surface area contributed by atoms with E-state index in [0.29, 0.717) is 35.6 Å². The van der Waals surface area contributed by atoms with Crippen molar-refractivity contribution in [2.24, 2.45) is 11.8 Å². The number of ether oxygens (including phenoxy) is 1. The van der Waals surface area contributed by atoms with Crippen molar-refractivity contribution >= 4 is 32.3 Å². The summed E-state index contributed by atoms with van der Waals surface area (Å²) in [6.07, 6.45) is 3.55. The Kier molecular flexibility index (Phi) is 6.01. The maximum Gasteiger partial charge on any atom is 0.322 e. The number of nitrogens with one attached hydrogen (secondary N) is 1. The zero-order valence-electron chi connectivity index (χ0n) is 19.8. The average Bonchev–Trinajstić information content (AvgIpc) is 3.44. The Morgan fingerprint density at radius 2 is 1.91 bits per heavy atom. The van der Waals surface area contributed by atoms with Gasteiger partial charge in [-0.05, 0) is 81.2 Å². The summed E-state index contributed by atoms with van der Waals surface area (Å²) in [7, 11) is -3.33. The quantitative estimate of drug-likeness (QED) is 0.514. The summed E-state index contributed by atoms with van der Waals surface area (Å²) in [4.78, 5) is 7.31. The molecule has 0 radical (unpaired) electrons. The maximum atomic E-state index is 11.9. The molecule has 0 amide bonds. The minimum Gasteiger partial charge on any atom is -0.424 e. The molecule has 1 N–H and O–H groups in total. The molecular formula is C23H30N6O3S2. The summed E-state index contributed by atoms with van der Waals surface area (Å²) < 4.78 is 36.0. The first kappa shape index (κ1) is 23.1. The molecule has 1 aliphatic heterocycles. The fourth-order valence-corrected chi connectivity index (χ4v) is 6.37. The van der Waals surface area contributed by atoms with E-state index >= 15 is 0 Å². The van der Waals surface area contributed by atoms with Gasteiger partial charge in [-0.15, -0.1) is 5.10 Å². The van der Waals surface area contributed by atoms with Crippen molar-refractivity contribution in [2.75, 3.05) is 29.6 Å². The molecule has 1 aliphatic carbocycles. The number of fused-ring (bicyclic) bond motifs is 2. The summed E-state index contributed by atoms with van der Waals surface area (Å²) in [5.41, 5.74) is 1.07. The first-order valence-corrected chi connectivity index (χ1v) is 14.2.